The second-order valence-electron chi connectivity index (χ2n) is 3.37. The summed E-state index contributed by atoms with van der Waals surface area (Å²) in [5.74, 6) is -6.14. The van der Waals surface area contributed by atoms with Gasteiger partial charge in [0.15, 0.2) is 0 Å². The van der Waals surface area contributed by atoms with Crippen molar-refractivity contribution >= 4 is 33.4 Å². The van der Waals surface area contributed by atoms with E-state index >= 15 is 0 Å². The van der Waals surface area contributed by atoms with Crippen molar-refractivity contribution in [1.29, 1.82) is 0 Å². The number of nitrogen functional groups attached to an aromatic ring is 1. The van der Waals surface area contributed by atoms with Crippen molar-refractivity contribution < 1.29 is 30.7 Å². The van der Waals surface area contributed by atoms with Gasteiger partial charge >= 0.3 is 17.4 Å². The highest BCUT2D eigenvalue weighted by Gasteiger charge is 2.73. The lowest BCUT2D eigenvalue weighted by Crippen LogP contribution is -2.49. The lowest BCUT2D eigenvalue weighted by atomic mass is 10.3. The first kappa shape index (κ1) is 16.4. The maximum Gasteiger partial charge on any atom is 0.460 e. The van der Waals surface area contributed by atoms with Crippen molar-refractivity contribution in [3.63, 3.8) is 0 Å². The van der Waals surface area contributed by atoms with E-state index in [4.69, 9.17) is 5.73 Å². The van der Waals surface area contributed by atoms with Crippen molar-refractivity contribution in [1.82, 2.24) is 0 Å². The molecule has 0 aromatic heterocycles. The molecule has 0 aliphatic rings. The lowest BCUT2D eigenvalue weighted by Gasteiger charge is -2.27. The molecule has 0 radical (unpaired) electrons. The Kier molecular flexibility index (Phi) is 4.35. The van der Waals surface area contributed by atoms with Gasteiger partial charge in [0.1, 0.15) is 0 Å². The highest BCUT2D eigenvalue weighted by atomic mass is 79.9. The van der Waals surface area contributed by atoms with Crippen LogP contribution in [0.5, 0.6) is 0 Å². The van der Waals surface area contributed by atoms with E-state index in [0.29, 0.717) is 0 Å². The third-order valence-corrected chi connectivity index (χ3v) is 3.63. The predicted octanol–water partition coefficient (Wildman–Crippen LogP) is 4.91. The van der Waals surface area contributed by atoms with E-state index in [0.717, 1.165) is 18.2 Å². The van der Waals surface area contributed by atoms with Crippen molar-refractivity contribution in [2.75, 3.05) is 5.73 Å². The summed E-state index contributed by atoms with van der Waals surface area (Å²) in [6, 6.07) is 2.96. The molecule has 10 heteroatoms. The van der Waals surface area contributed by atoms with Crippen LogP contribution in [0.4, 0.5) is 36.4 Å². The molecular weight excluding hydrogens is 367 g/mol. The Balaban J connectivity index is 3.05. The molecule has 2 N–H and O–H groups in total. The quantitative estimate of drug-likeness (QED) is 0.464. The van der Waals surface area contributed by atoms with E-state index in [1.165, 1.54) is 0 Å². The molecule has 0 aliphatic heterocycles. The molecule has 1 aromatic rings. The molecule has 1 aromatic carbocycles. The normalized spacial score (nSPS) is 13.7. The summed E-state index contributed by atoms with van der Waals surface area (Å²) in [6.45, 7) is 0. The average molecular weight is 372 g/mol. The van der Waals surface area contributed by atoms with E-state index < -0.39 is 34.0 Å². The van der Waals surface area contributed by atoms with E-state index in [2.05, 4.69) is 15.9 Å². The van der Waals surface area contributed by atoms with Gasteiger partial charge in [-0.25, -0.2) is 0 Å². The fourth-order valence-electron chi connectivity index (χ4n) is 0.948. The van der Waals surface area contributed by atoms with E-state index in [9.17, 15) is 30.7 Å². The molecule has 1 nitrogen and oxygen atoms in total. The molecule has 1 rings (SSSR count). The van der Waals surface area contributed by atoms with Gasteiger partial charge in [0, 0.05) is 15.1 Å². The van der Waals surface area contributed by atoms with E-state index in [-0.39, 0.29) is 10.2 Å². The predicted molar refractivity (Wildman–Crippen MR) is 60.4 cm³/mol. The second-order valence-corrected chi connectivity index (χ2v) is 5.42. The zero-order valence-corrected chi connectivity index (χ0v) is 11.1. The van der Waals surface area contributed by atoms with Gasteiger partial charge < -0.3 is 5.73 Å². The van der Waals surface area contributed by atoms with Crippen LogP contribution in [-0.2, 0) is 0 Å². The molecule has 108 valence electrons. The van der Waals surface area contributed by atoms with Crippen LogP contribution in [0.2, 0.25) is 0 Å². The minimum Gasteiger partial charge on any atom is -0.398 e. The first-order valence-electron chi connectivity index (χ1n) is 4.45. The summed E-state index contributed by atoms with van der Waals surface area (Å²) in [4.78, 5) is -0.477. The van der Waals surface area contributed by atoms with E-state index in [1.807, 2.05) is 0 Å². The van der Waals surface area contributed by atoms with Gasteiger partial charge in [-0.1, -0.05) is 0 Å². The fourth-order valence-corrected chi connectivity index (χ4v) is 2.33. The minimum atomic E-state index is -6.34. The Morgan fingerprint density at radius 3 is 1.95 bits per heavy atom. The smallest absolute Gasteiger partial charge is 0.398 e. The van der Waals surface area contributed by atoms with Gasteiger partial charge in [-0.3, -0.25) is 0 Å². The summed E-state index contributed by atoms with van der Waals surface area (Å²) in [5, 5.41) is -5.33. The molecule has 0 bridgehead atoms. The van der Waals surface area contributed by atoms with Gasteiger partial charge in [-0.05, 0) is 45.9 Å². The Hall–Kier alpha value is -0.640. The molecule has 0 atom stereocenters. The van der Waals surface area contributed by atoms with Crippen LogP contribution in [0, 0.1) is 0 Å². The van der Waals surface area contributed by atoms with Crippen LogP contribution >= 0.6 is 27.7 Å². The number of nitrogens with two attached hydrogens (primary N) is 1. The van der Waals surface area contributed by atoms with Gasteiger partial charge in [0.2, 0.25) is 0 Å². The molecule has 0 saturated heterocycles. The maximum absolute atomic E-state index is 13.1. The van der Waals surface area contributed by atoms with Gasteiger partial charge in [0.25, 0.3) is 0 Å². The monoisotopic (exact) mass is 371 g/mol. The molecule has 0 fully saturated rings. The first-order valence-corrected chi connectivity index (χ1v) is 6.06. The fraction of sp³-hybridized carbons (Fsp3) is 0.333. The molecule has 0 aliphatic carbocycles. The van der Waals surface area contributed by atoms with Gasteiger partial charge in [-0.15, -0.1) is 0 Å². The number of rotatable bonds is 3. The zero-order chi connectivity index (χ0) is 15.1. The van der Waals surface area contributed by atoms with Crippen LogP contribution in [0.15, 0.2) is 27.6 Å². The summed E-state index contributed by atoms with van der Waals surface area (Å²) >= 11 is 1.96. The Labute approximate surface area is 115 Å². The minimum absolute atomic E-state index is 0.114. The molecule has 0 amide bonds. The van der Waals surface area contributed by atoms with E-state index in [1.54, 1.807) is 0 Å². The number of halogens is 8. The van der Waals surface area contributed by atoms with Crippen molar-refractivity contribution in [2.45, 2.75) is 22.2 Å². The molecule has 0 spiro atoms. The summed E-state index contributed by atoms with van der Waals surface area (Å²) in [7, 11) is 0. The highest BCUT2D eigenvalue weighted by molar-refractivity contribution is 9.10. The summed E-state index contributed by atoms with van der Waals surface area (Å²) in [5.41, 5.74) is 5.47. The van der Waals surface area contributed by atoms with Crippen molar-refractivity contribution in [2.24, 2.45) is 0 Å². The van der Waals surface area contributed by atoms with Crippen LogP contribution in [0.25, 0.3) is 0 Å². The largest absolute Gasteiger partial charge is 0.460 e. The van der Waals surface area contributed by atoms with Crippen LogP contribution in [-0.4, -0.2) is 17.4 Å². The molecule has 0 unspecified atom stereocenters. The van der Waals surface area contributed by atoms with Crippen molar-refractivity contribution in [3.05, 3.63) is 22.7 Å². The molecule has 19 heavy (non-hydrogen) atoms. The molecular formula is C9H5BrF7NS. The maximum atomic E-state index is 13.1. The third kappa shape index (κ3) is 3.28. The number of thioether (sulfide) groups is 1. The molecule has 0 saturated carbocycles. The third-order valence-electron chi connectivity index (χ3n) is 1.94. The zero-order valence-electron chi connectivity index (χ0n) is 8.74. The van der Waals surface area contributed by atoms with Crippen LogP contribution in [0.1, 0.15) is 0 Å². The van der Waals surface area contributed by atoms with Gasteiger partial charge in [0.05, 0.1) is 0 Å². The second kappa shape index (κ2) is 5.04. The average Bonchev–Trinajstić information content (AvgIpc) is 2.21. The Morgan fingerprint density at radius 2 is 1.53 bits per heavy atom. The summed E-state index contributed by atoms with van der Waals surface area (Å²) in [6.07, 6.45) is -6.34. The number of hydrogen-bond donors (Lipinski definition) is 1. The Morgan fingerprint density at radius 1 is 1.00 bits per heavy atom. The topological polar surface area (TPSA) is 26.0 Å². The van der Waals surface area contributed by atoms with Crippen LogP contribution < -0.4 is 5.73 Å². The number of alkyl halides is 7. The Bertz CT molecular complexity index is 474. The summed E-state index contributed by atoms with van der Waals surface area (Å²) < 4.78 is 87.2. The standard InChI is InChI=1S/C9H5BrF7NS/c10-5-3-4(1-2-6(5)18)19-9(16,17)7(11,12)8(13,14)15/h1-3H,18H2. The number of anilines is 1. The SMILES string of the molecule is Nc1ccc(SC(F)(F)C(F)(F)C(F)(F)F)cc1Br. The number of benzene rings is 1. The van der Waals surface area contributed by atoms with Gasteiger partial charge in [-0.2, -0.15) is 30.7 Å². The molecule has 0 heterocycles. The van der Waals surface area contributed by atoms with Crippen LogP contribution in [0.3, 0.4) is 0 Å². The highest BCUT2D eigenvalue weighted by Crippen LogP contribution is 2.54. The lowest BCUT2D eigenvalue weighted by molar-refractivity contribution is -0.330. The number of hydrogen-bond acceptors (Lipinski definition) is 2. The first-order chi connectivity index (χ1) is 8.38. The van der Waals surface area contributed by atoms with Crippen molar-refractivity contribution in [3.8, 4) is 0 Å².